The Kier molecular flexibility index (Phi) is 3.51. The van der Waals surface area contributed by atoms with Gasteiger partial charge in [-0.05, 0) is 18.0 Å². The molecule has 1 fully saturated rings. The zero-order valence-corrected chi connectivity index (χ0v) is 10.9. The molecular weight excluding hydrogens is 270 g/mol. The van der Waals surface area contributed by atoms with Crippen LogP contribution in [-0.2, 0) is 4.74 Å². The van der Waals surface area contributed by atoms with Gasteiger partial charge in [-0.1, -0.05) is 0 Å². The molecule has 3 rings (SSSR count). The van der Waals surface area contributed by atoms with E-state index in [2.05, 4.69) is 25.0 Å². The summed E-state index contributed by atoms with van der Waals surface area (Å²) in [6.45, 7) is 2.97. The average Bonchev–Trinajstić information content (AvgIpc) is 2.81. The minimum absolute atomic E-state index is 0.140. The van der Waals surface area contributed by atoms with Crippen LogP contribution in [0.1, 0.15) is 6.42 Å². The normalized spacial score (nSPS) is 16.4. The van der Waals surface area contributed by atoms with Gasteiger partial charge < -0.3 is 9.64 Å². The molecule has 0 N–H and O–H groups in total. The summed E-state index contributed by atoms with van der Waals surface area (Å²) in [5.41, 5.74) is 0. The molecule has 8 nitrogen and oxygen atoms in total. The number of hydrogen-bond acceptors (Lipinski definition) is 7. The maximum Gasteiger partial charge on any atom is 0.258 e. The Labute approximate surface area is 114 Å². The highest BCUT2D eigenvalue weighted by atomic mass is 35.5. The van der Waals surface area contributed by atoms with Gasteiger partial charge in [0.1, 0.15) is 12.7 Å². The van der Waals surface area contributed by atoms with Crippen LogP contribution in [0.2, 0.25) is 5.28 Å². The van der Waals surface area contributed by atoms with Gasteiger partial charge in [0.05, 0.1) is 6.61 Å². The van der Waals surface area contributed by atoms with Crippen molar-refractivity contribution in [3.63, 3.8) is 0 Å². The quantitative estimate of drug-likeness (QED) is 0.784. The van der Waals surface area contributed by atoms with Crippen molar-refractivity contribution in [1.82, 2.24) is 29.7 Å². The van der Waals surface area contributed by atoms with Crippen LogP contribution in [0, 0.1) is 0 Å². The summed E-state index contributed by atoms with van der Waals surface area (Å²) in [6, 6.07) is 0. The summed E-state index contributed by atoms with van der Waals surface area (Å²) in [4.78, 5) is 18.5. The van der Waals surface area contributed by atoms with E-state index in [9.17, 15) is 0 Å². The predicted octanol–water partition coefficient (Wildman–Crippen LogP) is 0.332. The molecule has 0 spiro atoms. The maximum atomic E-state index is 5.95. The number of nitrogens with zero attached hydrogens (tertiary/aromatic N) is 7. The molecule has 0 atom stereocenters. The van der Waals surface area contributed by atoms with Gasteiger partial charge in [0.25, 0.3) is 5.95 Å². The lowest BCUT2D eigenvalue weighted by molar-refractivity contribution is 0.152. The molecule has 9 heteroatoms. The Morgan fingerprint density at radius 3 is 2.84 bits per heavy atom. The van der Waals surface area contributed by atoms with Gasteiger partial charge in [-0.25, -0.2) is 4.98 Å². The highest BCUT2D eigenvalue weighted by molar-refractivity contribution is 6.28. The second kappa shape index (κ2) is 5.45. The Hall–Kier alpha value is -1.80. The summed E-state index contributed by atoms with van der Waals surface area (Å²) in [7, 11) is 0. The Bertz CT molecular complexity index is 539. The van der Waals surface area contributed by atoms with Gasteiger partial charge >= 0.3 is 0 Å². The number of anilines is 1. The molecule has 0 saturated carbocycles. The van der Waals surface area contributed by atoms with E-state index >= 15 is 0 Å². The van der Waals surface area contributed by atoms with Crippen LogP contribution in [0.5, 0.6) is 0 Å². The van der Waals surface area contributed by atoms with Crippen molar-refractivity contribution in [2.45, 2.75) is 6.42 Å². The molecule has 0 aromatic carbocycles. The second-order valence-electron chi connectivity index (χ2n) is 4.00. The van der Waals surface area contributed by atoms with Crippen LogP contribution < -0.4 is 4.90 Å². The van der Waals surface area contributed by atoms with Crippen molar-refractivity contribution in [2.24, 2.45) is 0 Å². The van der Waals surface area contributed by atoms with E-state index in [1.165, 1.54) is 17.3 Å². The summed E-state index contributed by atoms with van der Waals surface area (Å²) in [5.74, 6) is 0.897. The fraction of sp³-hybridized carbons (Fsp3) is 0.500. The number of ether oxygens (including phenoxy) is 1. The lowest BCUT2D eigenvalue weighted by atomic mass is 10.4. The molecule has 2 aromatic rings. The van der Waals surface area contributed by atoms with Crippen molar-refractivity contribution in [1.29, 1.82) is 0 Å². The van der Waals surface area contributed by atoms with Gasteiger partial charge in [0, 0.05) is 19.7 Å². The van der Waals surface area contributed by atoms with Gasteiger partial charge in [0.2, 0.25) is 11.2 Å². The summed E-state index contributed by atoms with van der Waals surface area (Å²) in [5, 5.41) is 4.12. The van der Waals surface area contributed by atoms with Crippen LogP contribution in [0.25, 0.3) is 5.95 Å². The molecule has 0 unspecified atom stereocenters. The molecule has 1 saturated heterocycles. The summed E-state index contributed by atoms with van der Waals surface area (Å²) < 4.78 is 6.86. The van der Waals surface area contributed by atoms with Crippen molar-refractivity contribution in [3.8, 4) is 5.95 Å². The molecular formula is C10H12ClN7O. The average molecular weight is 282 g/mol. The third-order valence-corrected chi connectivity index (χ3v) is 2.88. The standard InChI is InChI=1S/C10H12ClN7O/c11-8-14-9(17-2-1-4-19-5-3-17)16-10(15-8)18-7-12-6-13-18/h6-7H,1-5H2. The lowest BCUT2D eigenvalue weighted by Gasteiger charge is -2.19. The maximum absolute atomic E-state index is 5.95. The summed E-state index contributed by atoms with van der Waals surface area (Å²) >= 11 is 5.95. The highest BCUT2D eigenvalue weighted by Crippen LogP contribution is 2.14. The third kappa shape index (κ3) is 2.79. The number of rotatable bonds is 2. The monoisotopic (exact) mass is 281 g/mol. The predicted molar refractivity (Wildman–Crippen MR) is 67.4 cm³/mol. The molecule has 0 amide bonds. The van der Waals surface area contributed by atoms with Gasteiger partial charge in [-0.2, -0.15) is 24.7 Å². The Balaban J connectivity index is 1.92. The van der Waals surface area contributed by atoms with Crippen LogP contribution in [0.4, 0.5) is 5.95 Å². The molecule has 0 bridgehead atoms. The minimum atomic E-state index is 0.140. The summed E-state index contributed by atoms with van der Waals surface area (Å²) in [6.07, 6.45) is 3.86. The Morgan fingerprint density at radius 1 is 1.11 bits per heavy atom. The fourth-order valence-corrected chi connectivity index (χ4v) is 1.98. The molecule has 0 aliphatic carbocycles. The van der Waals surface area contributed by atoms with Crippen molar-refractivity contribution < 1.29 is 4.74 Å². The zero-order chi connectivity index (χ0) is 13.1. The lowest BCUT2D eigenvalue weighted by Crippen LogP contribution is -2.28. The number of aromatic nitrogens is 6. The zero-order valence-electron chi connectivity index (χ0n) is 10.1. The van der Waals surface area contributed by atoms with E-state index in [0.29, 0.717) is 18.5 Å². The van der Waals surface area contributed by atoms with Gasteiger partial charge in [-0.15, -0.1) is 0 Å². The van der Waals surface area contributed by atoms with Crippen LogP contribution in [-0.4, -0.2) is 56.0 Å². The fourth-order valence-electron chi connectivity index (χ4n) is 1.83. The van der Waals surface area contributed by atoms with E-state index in [1.54, 1.807) is 0 Å². The topological polar surface area (TPSA) is 81.9 Å². The number of hydrogen-bond donors (Lipinski definition) is 0. The first kappa shape index (κ1) is 12.2. The van der Waals surface area contributed by atoms with E-state index in [1.807, 2.05) is 4.90 Å². The molecule has 19 heavy (non-hydrogen) atoms. The van der Waals surface area contributed by atoms with Crippen molar-refractivity contribution in [2.75, 3.05) is 31.2 Å². The van der Waals surface area contributed by atoms with Crippen LogP contribution in [0.3, 0.4) is 0 Å². The molecule has 100 valence electrons. The SMILES string of the molecule is Clc1nc(N2CCCOCC2)nc(-n2cncn2)n1. The molecule has 1 aliphatic rings. The van der Waals surface area contributed by atoms with Crippen LogP contribution in [0.15, 0.2) is 12.7 Å². The van der Waals surface area contributed by atoms with E-state index in [-0.39, 0.29) is 5.28 Å². The molecule has 1 aliphatic heterocycles. The molecule has 2 aromatic heterocycles. The van der Waals surface area contributed by atoms with Crippen molar-refractivity contribution >= 4 is 17.5 Å². The highest BCUT2D eigenvalue weighted by Gasteiger charge is 2.15. The largest absolute Gasteiger partial charge is 0.380 e. The van der Waals surface area contributed by atoms with E-state index in [0.717, 1.165) is 26.1 Å². The first-order valence-corrected chi connectivity index (χ1v) is 6.30. The smallest absolute Gasteiger partial charge is 0.258 e. The number of halogens is 1. The van der Waals surface area contributed by atoms with Crippen LogP contribution >= 0.6 is 11.6 Å². The first-order chi connectivity index (χ1) is 9.33. The second-order valence-corrected chi connectivity index (χ2v) is 4.34. The van der Waals surface area contributed by atoms with Gasteiger partial charge in [0.15, 0.2) is 0 Å². The third-order valence-electron chi connectivity index (χ3n) is 2.71. The molecule has 0 radical (unpaired) electrons. The van der Waals surface area contributed by atoms with E-state index < -0.39 is 0 Å². The Morgan fingerprint density at radius 2 is 2.00 bits per heavy atom. The van der Waals surface area contributed by atoms with E-state index in [4.69, 9.17) is 16.3 Å². The molecule has 3 heterocycles. The minimum Gasteiger partial charge on any atom is -0.380 e. The first-order valence-electron chi connectivity index (χ1n) is 5.92. The van der Waals surface area contributed by atoms with Crippen molar-refractivity contribution in [3.05, 3.63) is 17.9 Å². The van der Waals surface area contributed by atoms with Gasteiger partial charge in [-0.3, -0.25) is 0 Å².